The van der Waals surface area contributed by atoms with Crippen LogP contribution in [-0.2, 0) is 19.1 Å². The monoisotopic (exact) mass is 400 g/mol. The summed E-state index contributed by atoms with van der Waals surface area (Å²) in [5.74, 6) is -1.33. The Morgan fingerprint density at radius 3 is 2.52 bits per heavy atom. The maximum absolute atomic E-state index is 12.9. The zero-order valence-corrected chi connectivity index (χ0v) is 17.9. The molecule has 1 N–H and O–H groups in total. The Kier molecular flexibility index (Phi) is 3.82. The molecule has 2 bridgehead atoms. The molecule has 158 valence electrons. The third-order valence-electron chi connectivity index (χ3n) is 9.89. The lowest BCUT2D eigenvalue weighted by Crippen LogP contribution is -2.65. The average molecular weight is 401 g/mol. The van der Waals surface area contributed by atoms with Gasteiger partial charge in [-0.2, -0.15) is 0 Å². The highest BCUT2D eigenvalue weighted by molar-refractivity contribution is 5.98. The lowest BCUT2D eigenvalue weighted by Gasteiger charge is -2.68. The van der Waals surface area contributed by atoms with Gasteiger partial charge in [0.1, 0.15) is 0 Å². The van der Waals surface area contributed by atoms with Crippen LogP contribution < -0.4 is 0 Å². The molecule has 0 radical (unpaired) electrons. The first-order valence-electron chi connectivity index (χ1n) is 11.3. The third kappa shape index (κ3) is 2.14. The van der Waals surface area contributed by atoms with Gasteiger partial charge in [-0.3, -0.25) is 14.4 Å². The van der Waals surface area contributed by atoms with E-state index in [1.807, 2.05) is 6.92 Å². The number of cyclic esters (lactones) is 2. The van der Waals surface area contributed by atoms with Crippen LogP contribution in [0.3, 0.4) is 0 Å². The molecule has 5 heteroatoms. The molecule has 5 aliphatic carbocycles. The van der Waals surface area contributed by atoms with E-state index < -0.39 is 11.4 Å². The van der Waals surface area contributed by atoms with E-state index in [1.165, 1.54) is 5.57 Å². The molecule has 5 nitrogen and oxygen atoms in total. The van der Waals surface area contributed by atoms with Crippen molar-refractivity contribution in [3.63, 3.8) is 0 Å². The van der Waals surface area contributed by atoms with Crippen molar-refractivity contribution < 1.29 is 24.2 Å². The van der Waals surface area contributed by atoms with Gasteiger partial charge in [0, 0.05) is 5.41 Å². The van der Waals surface area contributed by atoms with Crippen molar-refractivity contribution in [2.24, 2.45) is 51.8 Å². The molecule has 6 aliphatic rings. The predicted molar refractivity (Wildman–Crippen MR) is 105 cm³/mol. The lowest BCUT2D eigenvalue weighted by molar-refractivity contribution is -0.195. The predicted octanol–water partition coefficient (Wildman–Crippen LogP) is 4.21. The second-order valence-electron chi connectivity index (χ2n) is 11.2. The van der Waals surface area contributed by atoms with Crippen LogP contribution >= 0.6 is 0 Å². The fourth-order valence-electron chi connectivity index (χ4n) is 8.76. The van der Waals surface area contributed by atoms with Crippen molar-refractivity contribution in [1.29, 1.82) is 0 Å². The highest BCUT2D eigenvalue weighted by Crippen LogP contribution is 2.74. The Morgan fingerprint density at radius 1 is 1.14 bits per heavy atom. The Labute approximate surface area is 172 Å². The van der Waals surface area contributed by atoms with E-state index in [4.69, 9.17) is 4.74 Å². The number of fused-ring (bicyclic) bond motifs is 1. The van der Waals surface area contributed by atoms with Gasteiger partial charge >= 0.3 is 17.9 Å². The molecule has 0 aromatic carbocycles. The van der Waals surface area contributed by atoms with Crippen LogP contribution in [0.4, 0.5) is 0 Å². The van der Waals surface area contributed by atoms with Gasteiger partial charge in [-0.25, -0.2) is 0 Å². The van der Waals surface area contributed by atoms with E-state index in [-0.39, 0.29) is 52.4 Å². The molecule has 3 saturated carbocycles. The zero-order chi connectivity index (χ0) is 20.9. The molecule has 8 atom stereocenters. The molecule has 1 spiro atoms. The summed E-state index contributed by atoms with van der Waals surface area (Å²) in [5.41, 5.74) is 0.122. The Morgan fingerprint density at radius 2 is 1.86 bits per heavy atom. The second-order valence-corrected chi connectivity index (χ2v) is 11.2. The molecular formula is C24H32O5. The molecular weight excluding hydrogens is 368 g/mol. The number of esters is 2. The summed E-state index contributed by atoms with van der Waals surface area (Å²) in [6.07, 6.45) is 7.48. The SMILES string of the molecule is CC(C)C1=C[C@]23CC[C@H]4[C@](C)(CCC[C@@]4(C)C(=O)O)[C@@H]2C[C@H]1[C@H]1C(=O)OC(=O)[C@H]13. The molecule has 4 fully saturated rings. The number of carbonyl (C=O) groups excluding carboxylic acids is 2. The molecule has 0 unspecified atom stereocenters. The van der Waals surface area contributed by atoms with Gasteiger partial charge in [-0.1, -0.05) is 38.8 Å². The molecule has 0 aromatic rings. The second kappa shape index (κ2) is 5.73. The van der Waals surface area contributed by atoms with Crippen LogP contribution in [0.25, 0.3) is 0 Å². The van der Waals surface area contributed by atoms with Crippen molar-refractivity contribution in [3.05, 3.63) is 11.6 Å². The standard InChI is InChI=1S/C24H32O5/c1-12(2)14-11-24-9-6-15-22(3,7-5-8-23(15,4)21(27)28)16(24)10-13(14)17-18(24)20(26)29-19(17)25/h11-13,15-18H,5-10H2,1-4H3,(H,27,28)/t13-,15+,16+,17-,18+,22+,23-,24-/m1/s1. The summed E-state index contributed by atoms with van der Waals surface area (Å²) in [5, 5.41) is 10.1. The van der Waals surface area contributed by atoms with E-state index in [9.17, 15) is 19.5 Å². The first-order valence-corrected chi connectivity index (χ1v) is 11.3. The first kappa shape index (κ1) is 19.3. The number of carbonyl (C=O) groups is 3. The van der Waals surface area contributed by atoms with Crippen molar-refractivity contribution >= 4 is 17.9 Å². The van der Waals surface area contributed by atoms with Crippen molar-refractivity contribution in [3.8, 4) is 0 Å². The van der Waals surface area contributed by atoms with Crippen molar-refractivity contribution in [2.45, 2.75) is 66.2 Å². The molecule has 1 saturated heterocycles. The molecule has 0 aromatic heterocycles. The van der Waals surface area contributed by atoms with E-state index in [0.29, 0.717) is 5.92 Å². The van der Waals surface area contributed by atoms with Crippen LogP contribution in [0.5, 0.6) is 0 Å². The Hall–Kier alpha value is -1.65. The molecule has 0 amide bonds. The largest absolute Gasteiger partial charge is 0.481 e. The van der Waals surface area contributed by atoms with Gasteiger partial charge in [0.15, 0.2) is 0 Å². The van der Waals surface area contributed by atoms with E-state index in [2.05, 4.69) is 26.8 Å². The van der Waals surface area contributed by atoms with Crippen LogP contribution in [0, 0.1) is 51.8 Å². The fourth-order valence-corrected chi connectivity index (χ4v) is 8.76. The number of hydrogen-bond donors (Lipinski definition) is 1. The number of ether oxygens (including phenoxy) is 1. The van der Waals surface area contributed by atoms with Gasteiger partial charge in [0.2, 0.25) is 0 Å². The van der Waals surface area contributed by atoms with Gasteiger partial charge < -0.3 is 9.84 Å². The quantitative estimate of drug-likeness (QED) is 0.427. The van der Waals surface area contributed by atoms with Crippen LogP contribution in [-0.4, -0.2) is 23.0 Å². The average Bonchev–Trinajstić information content (AvgIpc) is 2.97. The minimum absolute atomic E-state index is 0.0550. The van der Waals surface area contributed by atoms with Gasteiger partial charge in [-0.05, 0) is 68.1 Å². The van der Waals surface area contributed by atoms with Crippen LogP contribution in [0.2, 0.25) is 0 Å². The number of allylic oxidation sites excluding steroid dienone is 2. The van der Waals surface area contributed by atoms with E-state index >= 15 is 0 Å². The Bertz CT molecular complexity index is 842. The molecule has 1 heterocycles. The van der Waals surface area contributed by atoms with Gasteiger partial charge in [-0.15, -0.1) is 0 Å². The molecule has 1 aliphatic heterocycles. The summed E-state index contributed by atoms with van der Waals surface area (Å²) in [4.78, 5) is 37.8. The topological polar surface area (TPSA) is 80.7 Å². The first-order chi connectivity index (χ1) is 13.6. The maximum atomic E-state index is 12.9. The molecule has 29 heavy (non-hydrogen) atoms. The Balaban J connectivity index is 1.67. The number of rotatable bonds is 2. The summed E-state index contributed by atoms with van der Waals surface area (Å²) in [6.45, 7) is 8.56. The summed E-state index contributed by atoms with van der Waals surface area (Å²) < 4.78 is 5.20. The molecule has 6 rings (SSSR count). The summed E-state index contributed by atoms with van der Waals surface area (Å²) >= 11 is 0. The van der Waals surface area contributed by atoms with Crippen LogP contribution in [0.15, 0.2) is 11.6 Å². The fraction of sp³-hybridized carbons (Fsp3) is 0.792. The lowest BCUT2D eigenvalue weighted by atomic mass is 9.34. The van der Waals surface area contributed by atoms with E-state index in [1.54, 1.807) is 0 Å². The van der Waals surface area contributed by atoms with Gasteiger partial charge in [0.05, 0.1) is 17.3 Å². The smallest absolute Gasteiger partial charge is 0.318 e. The zero-order valence-electron chi connectivity index (χ0n) is 17.9. The van der Waals surface area contributed by atoms with Crippen molar-refractivity contribution in [2.75, 3.05) is 0 Å². The third-order valence-corrected chi connectivity index (χ3v) is 9.89. The van der Waals surface area contributed by atoms with Crippen LogP contribution in [0.1, 0.15) is 66.2 Å². The summed E-state index contributed by atoms with van der Waals surface area (Å²) in [7, 11) is 0. The number of aliphatic carboxylic acids is 1. The van der Waals surface area contributed by atoms with Crippen molar-refractivity contribution in [1.82, 2.24) is 0 Å². The highest BCUT2D eigenvalue weighted by Gasteiger charge is 2.73. The van der Waals surface area contributed by atoms with Gasteiger partial charge in [0.25, 0.3) is 0 Å². The number of carboxylic acids is 1. The normalized spacial score (nSPS) is 50.5. The highest BCUT2D eigenvalue weighted by atomic mass is 16.6. The minimum atomic E-state index is -0.707. The number of hydrogen-bond acceptors (Lipinski definition) is 4. The van der Waals surface area contributed by atoms with E-state index in [0.717, 1.165) is 38.5 Å². The maximum Gasteiger partial charge on any atom is 0.318 e. The minimum Gasteiger partial charge on any atom is -0.481 e. The number of carboxylic acid groups (broad SMARTS) is 1. The summed E-state index contributed by atoms with van der Waals surface area (Å²) in [6, 6.07) is 0.